The lowest BCUT2D eigenvalue weighted by Gasteiger charge is -2.03. The van der Waals surface area contributed by atoms with E-state index < -0.39 is 5.97 Å². The number of rotatable bonds is 4. The molecule has 7 heteroatoms. The van der Waals surface area contributed by atoms with E-state index in [1.54, 1.807) is 19.2 Å². The molecule has 21 heavy (non-hydrogen) atoms. The molecule has 0 fully saturated rings. The fourth-order valence-corrected chi connectivity index (χ4v) is 1.66. The summed E-state index contributed by atoms with van der Waals surface area (Å²) < 4.78 is 0. The molecule has 0 amide bonds. The van der Waals surface area contributed by atoms with Gasteiger partial charge in [0.15, 0.2) is 0 Å². The SMILES string of the molecule is CNc1cc(N=Nc2ccc(O)c(C(=O)O)c2)ccc1O. The third-order valence-electron chi connectivity index (χ3n) is 2.74. The molecule has 0 saturated carbocycles. The highest BCUT2D eigenvalue weighted by atomic mass is 16.4. The van der Waals surface area contributed by atoms with E-state index in [1.807, 2.05) is 0 Å². The molecule has 0 aromatic heterocycles. The number of carboxylic acid groups (broad SMARTS) is 1. The van der Waals surface area contributed by atoms with Crippen molar-refractivity contribution in [2.45, 2.75) is 0 Å². The zero-order chi connectivity index (χ0) is 15.4. The van der Waals surface area contributed by atoms with Crippen molar-refractivity contribution in [2.75, 3.05) is 12.4 Å². The zero-order valence-electron chi connectivity index (χ0n) is 11.1. The molecule has 7 nitrogen and oxygen atoms in total. The van der Waals surface area contributed by atoms with Gasteiger partial charge in [-0.05, 0) is 36.4 Å². The summed E-state index contributed by atoms with van der Waals surface area (Å²) in [6, 6.07) is 8.55. The highest BCUT2D eigenvalue weighted by molar-refractivity contribution is 5.91. The van der Waals surface area contributed by atoms with Crippen LogP contribution in [0.25, 0.3) is 0 Å². The molecule has 0 atom stereocenters. The van der Waals surface area contributed by atoms with Crippen LogP contribution in [0, 0.1) is 0 Å². The first kappa shape index (κ1) is 14.3. The van der Waals surface area contributed by atoms with Gasteiger partial charge in [-0.3, -0.25) is 0 Å². The Hall–Kier alpha value is -3.09. The maximum atomic E-state index is 10.9. The van der Waals surface area contributed by atoms with Crippen molar-refractivity contribution in [1.82, 2.24) is 0 Å². The summed E-state index contributed by atoms with van der Waals surface area (Å²) in [6.07, 6.45) is 0. The van der Waals surface area contributed by atoms with Crippen molar-refractivity contribution in [1.29, 1.82) is 0 Å². The molecule has 4 N–H and O–H groups in total. The standard InChI is InChI=1S/C14H13N3O4/c1-15-11-7-9(3-5-13(11)19)17-16-8-2-4-12(18)10(6-8)14(20)21/h2-7,15,18-19H,1H3,(H,20,21). The number of azo groups is 1. The normalized spacial score (nSPS) is 10.7. The van der Waals surface area contributed by atoms with E-state index in [9.17, 15) is 15.0 Å². The van der Waals surface area contributed by atoms with Crippen LogP contribution < -0.4 is 5.32 Å². The maximum Gasteiger partial charge on any atom is 0.339 e. The van der Waals surface area contributed by atoms with Gasteiger partial charge in [0.1, 0.15) is 17.1 Å². The van der Waals surface area contributed by atoms with Crippen molar-refractivity contribution in [3.8, 4) is 11.5 Å². The van der Waals surface area contributed by atoms with Gasteiger partial charge in [-0.15, -0.1) is 0 Å². The Morgan fingerprint density at radius 3 is 2.14 bits per heavy atom. The second-order valence-corrected chi connectivity index (χ2v) is 4.16. The summed E-state index contributed by atoms with van der Waals surface area (Å²) in [6.45, 7) is 0. The van der Waals surface area contributed by atoms with E-state index in [1.165, 1.54) is 24.3 Å². The first-order valence-corrected chi connectivity index (χ1v) is 6.00. The van der Waals surface area contributed by atoms with Crippen LogP contribution in [0.3, 0.4) is 0 Å². The number of aromatic carboxylic acids is 1. The van der Waals surface area contributed by atoms with Gasteiger partial charge in [0.25, 0.3) is 0 Å². The Labute approximate surface area is 120 Å². The lowest BCUT2D eigenvalue weighted by molar-refractivity contribution is 0.0694. The molecular formula is C14H13N3O4. The third-order valence-corrected chi connectivity index (χ3v) is 2.74. The molecule has 0 unspecified atom stereocenters. The minimum Gasteiger partial charge on any atom is -0.507 e. The number of benzene rings is 2. The molecule has 108 valence electrons. The van der Waals surface area contributed by atoms with Crippen molar-refractivity contribution in [2.24, 2.45) is 10.2 Å². The lowest BCUT2D eigenvalue weighted by atomic mass is 10.2. The average Bonchev–Trinajstić information content (AvgIpc) is 2.47. The first-order chi connectivity index (χ1) is 10.0. The number of carboxylic acids is 1. The minimum atomic E-state index is -1.24. The van der Waals surface area contributed by atoms with E-state index in [0.717, 1.165) is 0 Å². The summed E-state index contributed by atoms with van der Waals surface area (Å²) in [5.74, 6) is -1.48. The van der Waals surface area contributed by atoms with Gasteiger partial charge in [0.2, 0.25) is 0 Å². The highest BCUT2D eigenvalue weighted by Gasteiger charge is 2.09. The fourth-order valence-electron chi connectivity index (χ4n) is 1.66. The Morgan fingerprint density at radius 1 is 1.00 bits per heavy atom. The Bertz CT molecular complexity index is 713. The Morgan fingerprint density at radius 2 is 1.57 bits per heavy atom. The second-order valence-electron chi connectivity index (χ2n) is 4.16. The topological polar surface area (TPSA) is 115 Å². The molecule has 0 radical (unpaired) electrons. The third kappa shape index (κ3) is 3.27. The molecule has 0 saturated heterocycles. The van der Waals surface area contributed by atoms with E-state index >= 15 is 0 Å². The lowest BCUT2D eigenvalue weighted by Crippen LogP contribution is -1.95. The van der Waals surface area contributed by atoms with E-state index in [0.29, 0.717) is 17.1 Å². The van der Waals surface area contributed by atoms with Crippen LogP contribution in [0.5, 0.6) is 11.5 Å². The first-order valence-electron chi connectivity index (χ1n) is 6.00. The molecule has 0 heterocycles. The van der Waals surface area contributed by atoms with Gasteiger partial charge in [-0.25, -0.2) is 4.79 Å². The van der Waals surface area contributed by atoms with Crippen molar-refractivity contribution in [3.05, 3.63) is 42.0 Å². The highest BCUT2D eigenvalue weighted by Crippen LogP contribution is 2.29. The van der Waals surface area contributed by atoms with E-state index in [2.05, 4.69) is 15.5 Å². The van der Waals surface area contributed by atoms with Crippen LogP contribution in [0.1, 0.15) is 10.4 Å². The van der Waals surface area contributed by atoms with E-state index in [-0.39, 0.29) is 17.1 Å². The number of hydrogen-bond donors (Lipinski definition) is 4. The van der Waals surface area contributed by atoms with Gasteiger partial charge < -0.3 is 20.6 Å². The second kappa shape index (κ2) is 5.91. The quantitative estimate of drug-likeness (QED) is 0.509. The monoisotopic (exact) mass is 287 g/mol. The number of nitrogens with one attached hydrogen (secondary N) is 1. The Balaban J connectivity index is 2.29. The summed E-state index contributed by atoms with van der Waals surface area (Å²) in [5, 5.41) is 38.5. The van der Waals surface area contributed by atoms with Gasteiger partial charge in [-0.2, -0.15) is 10.2 Å². The van der Waals surface area contributed by atoms with E-state index in [4.69, 9.17) is 5.11 Å². The van der Waals surface area contributed by atoms with Gasteiger partial charge in [0.05, 0.1) is 17.1 Å². The van der Waals surface area contributed by atoms with Gasteiger partial charge in [0, 0.05) is 7.05 Å². The number of aromatic hydroxyl groups is 2. The molecule has 2 aromatic carbocycles. The summed E-state index contributed by atoms with van der Waals surface area (Å²) in [4.78, 5) is 10.9. The molecule has 0 aliphatic carbocycles. The fraction of sp³-hybridized carbons (Fsp3) is 0.0714. The molecule has 0 bridgehead atoms. The number of phenols is 2. The van der Waals surface area contributed by atoms with Crippen molar-refractivity contribution >= 4 is 23.0 Å². The minimum absolute atomic E-state index is 0.0919. The molecule has 0 aliphatic heterocycles. The smallest absolute Gasteiger partial charge is 0.339 e. The number of anilines is 1. The number of nitrogens with zero attached hydrogens (tertiary/aromatic N) is 2. The molecule has 2 aromatic rings. The number of hydrogen-bond acceptors (Lipinski definition) is 6. The maximum absolute atomic E-state index is 10.9. The summed E-state index contributed by atoms with van der Waals surface area (Å²) >= 11 is 0. The largest absolute Gasteiger partial charge is 0.507 e. The molecular weight excluding hydrogens is 274 g/mol. The molecule has 2 rings (SSSR count). The molecule has 0 spiro atoms. The van der Waals surface area contributed by atoms with Crippen molar-refractivity contribution < 1.29 is 20.1 Å². The number of carbonyl (C=O) groups is 1. The predicted molar refractivity (Wildman–Crippen MR) is 76.9 cm³/mol. The van der Waals surface area contributed by atoms with Crippen molar-refractivity contribution in [3.63, 3.8) is 0 Å². The molecule has 0 aliphatic rings. The van der Waals surface area contributed by atoms with Crippen LogP contribution in [0.15, 0.2) is 46.6 Å². The summed E-state index contributed by atoms with van der Waals surface area (Å²) in [5.41, 5.74) is 1.04. The number of phenolic OH excluding ortho intramolecular Hbond substituents is 1. The van der Waals surface area contributed by atoms with Gasteiger partial charge in [-0.1, -0.05) is 0 Å². The van der Waals surface area contributed by atoms with Gasteiger partial charge >= 0.3 is 5.97 Å². The van der Waals surface area contributed by atoms with Crippen LogP contribution in [-0.4, -0.2) is 28.3 Å². The van der Waals surface area contributed by atoms with Crippen LogP contribution >= 0.6 is 0 Å². The van der Waals surface area contributed by atoms with Crippen LogP contribution in [0.4, 0.5) is 17.1 Å². The Kier molecular flexibility index (Phi) is 4.03. The zero-order valence-corrected chi connectivity index (χ0v) is 11.1. The van der Waals surface area contributed by atoms with Crippen LogP contribution in [0.2, 0.25) is 0 Å². The average molecular weight is 287 g/mol. The van der Waals surface area contributed by atoms with Crippen LogP contribution in [-0.2, 0) is 0 Å². The predicted octanol–water partition coefficient (Wildman–Crippen LogP) is 3.25. The summed E-state index contributed by atoms with van der Waals surface area (Å²) in [7, 11) is 1.66.